The third-order valence-electron chi connectivity index (χ3n) is 3.63. The van der Waals surface area contributed by atoms with Gasteiger partial charge in [0.15, 0.2) is 5.82 Å². The number of allylic oxidation sites excluding steroid dienone is 2. The molecule has 0 bridgehead atoms. The molecule has 0 aliphatic carbocycles. The van der Waals surface area contributed by atoms with Crippen molar-refractivity contribution in [1.29, 1.82) is 5.26 Å². The lowest BCUT2D eigenvalue weighted by atomic mass is 10.1. The summed E-state index contributed by atoms with van der Waals surface area (Å²) in [5.74, 6) is 0.518. The molecule has 3 rings (SSSR count). The first kappa shape index (κ1) is 13.9. The van der Waals surface area contributed by atoms with E-state index in [4.69, 9.17) is 0 Å². The van der Waals surface area contributed by atoms with E-state index in [1.54, 1.807) is 0 Å². The second-order valence-corrected chi connectivity index (χ2v) is 5.08. The topological polar surface area (TPSA) is 61.8 Å². The quantitative estimate of drug-likeness (QED) is 0.592. The Morgan fingerprint density at radius 1 is 1.14 bits per heavy atom. The van der Waals surface area contributed by atoms with Crippen LogP contribution < -0.4 is 0 Å². The zero-order chi connectivity index (χ0) is 15.5. The van der Waals surface area contributed by atoms with Crippen LogP contribution in [0.2, 0.25) is 0 Å². The van der Waals surface area contributed by atoms with E-state index in [0.29, 0.717) is 12.2 Å². The van der Waals surface area contributed by atoms with Gasteiger partial charge in [-0.25, -0.2) is 4.98 Å². The summed E-state index contributed by atoms with van der Waals surface area (Å²) in [5.41, 5.74) is 2.90. The molecule has 1 heterocycles. The minimum Gasteiger partial charge on any atom is -0.510 e. The maximum absolute atomic E-state index is 10.4. The second-order valence-electron chi connectivity index (χ2n) is 5.08. The number of imidazole rings is 1. The molecule has 0 saturated heterocycles. The van der Waals surface area contributed by atoms with Crippen molar-refractivity contribution in [2.75, 3.05) is 0 Å². The molecule has 2 aromatic carbocycles. The Morgan fingerprint density at radius 3 is 2.50 bits per heavy atom. The molecule has 0 spiro atoms. The molecule has 22 heavy (non-hydrogen) atoms. The van der Waals surface area contributed by atoms with Crippen LogP contribution in [0.15, 0.2) is 60.4 Å². The molecule has 1 aromatic heterocycles. The summed E-state index contributed by atoms with van der Waals surface area (Å²) in [6.45, 7) is 0. The third kappa shape index (κ3) is 2.45. The van der Waals surface area contributed by atoms with Gasteiger partial charge in [-0.15, -0.1) is 0 Å². The molecular formula is C18H15N3O. The van der Waals surface area contributed by atoms with Crippen molar-refractivity contribution in [1.82, 2.24) is 9.55 Å². The number of aliphatic hydroxyl groups is 1. The molecule has 4 heteroatoms. The first-order valence-electron chi connectivity index (χ1n) is 6.98. The van der Waals surface area contributed by atoms with Gasteiger partial charge in [-0.2, -0.15) is 5.26 Å². The fourth-order valence-corrected chi connectivity index (χ4v) is 2.49. The number of para-hydroxylation sites is 2. The van der Waals surface area contributed by atoms with E-state index in [1.165, 1.54) is 0 Å². The summed E-state index contributed by atoms with van der Waals surface area (Å²) in [7, 11) is 1.85. The number of nitriles is 1. The second kappa shape index (κ2) is 5.74. The molecule has 0 aliphatic rings. The van der Waals surface area contributed by atoms with Crippen LogP contribution >= 0.6 is 0 Å². The number of aryl methyl sites for hydroxylation is 1. The zero-order valence-electron chi connectivity index (χ0n) is 12.2. The van der Waals surface area contributed by atoms with Gasteiger partial charge in [0, 0.05) is 13.5 Å². The number of hydrogen-bond acceptors (Lipinski definition) is 3. The van der Waals surface area contributed by atoms with Crippen molar-refractivity contribution in [3.05, 3.63) is 71.7 Å². The third-order valence-corrected chi connectivity index (χ3v) is 3.63. The van der Waals surface area contributed by atoms with E-state index in [9.17, 15) is 10.4 Å². The van der Waals surface area contributed by atoms with E-state index in [1.807, 2.05) is 66.2 Å². The van der Waals surface area contributed by atoms with E-state index in [-0.39, 0.29) is 11.3 Å². The Labute approximate surface area is 128 Å². The number of rotatable bonds is 3. The van der Waals surface area contributed by atoms with Crippen molar-refractivity contribution in [3.63, 3.8) is 0 Å². The average Bonchev–Trinajstić information content (AvgIpc) is 2.87. The number of aromatic nitrogens is 2. The summed E-state index contributed by atoms with van der Waals surface area (Å²) in [4.78, 5) is 4.47. The van der Waals surface area contributed by atoms with E-state index < -0.39 is 0 Å². The van der Waals surface area contributed by atoms with Crippen LogP contribution in [0.5, 0.6) is 0 Å². The van der Waals surface area contributed by atoms with Crippen LogP contribution in [0.4, 0.5) is 0 Å². The largest absolute Gasteiger partial charge is 0.510 e. The molecule has 0 amide bonds. The zero-order valence-corrected chi connectivity index (χ0v) is 12.2. The minimum atomic E-state index is 0.0344. The highest BCUT2D eigenvalue weighted by atomic mass is 16.3. The van der Waals surface area contributed by atoms with Gasteiger partial charge in [-0.05, 0) is 17.7 Å². The summed E-state index contributed by atoms with van der Waals surface area (Å²) >= 11 is 0. The van der Waals surface area contributed by atoms with Crippen molar-refractivity contribution in [2.45, 2.75) is 6.42 Å². The van der Waals surface area contributed by atoms with Gasteiger partial charge in [-0.3, -0.25) is 0 Å². The lowest BCUT2D eigenvalue weighted by molar-refractivity contribution is 0.402. The van der Waals surface area contributed by atoms with E-state index >= 15 is 0 Å². The van der Waals surface area contributed by atoms with Gasteiger partial charge in [0.25, 0.3) is 0 Å². The van der Waals surface area contributed by atoms with Gasteiger partial charge in [0.05, 0.1) is 11.0 Å². The SMILES string of the molecule is Cn1c(/C(C#N)=C(\O)Cc2ccccc2)nc2ccccc21. The Hall–Kier alpha value is -3.06. The fourth-order valence-electron chi connectivity index (χ4n) is 2.49. The number of nitrogens with zero attached hydrogens (tertiary/aromatic N) is 3. The first-order valence-corrected chi connectivity index (χ1v) is 6.98. The van der Waals surface area contributed by atoms with Crippen LogP contribution in [0.1, 0.15) is 11.4 Å². The summed E-state index contributed by atoms with van der Waals surface area (Å²) < 4.78 is 1.83. The number of hydrogen-bond donors (Lipinski definition) is 1. The van der Waals surface area contributed by atoms with Gasteiger partial charge >= 0.3 is 0 Å². The smallest absolute Gasteiger partial charge is 0.155 e. The summed E-state index contributed by atoms with van der Waals surface area (Å²) in [5, 5.41) is 19.8. The molecule has 0 atom stereocenters. The van der Waals surface area contributed by atoms with Crippen LogP contribution in [0, 0.1) is 11.3 Å². The number of fused-ring (bicyclic) bond motifs is 1. The van der Waals surface area contributed by atoms with Crippen molar-refractivity contribution >= 4 is 16.6 Å². The normalized spacial score (nSPS) is 12.0. The Kier molecular flexibility index (Phi) is 3.63. The maximum Gasteiger partial charge on any atom is 0.155 e. The van der Waals surface area contributed by atoms with E-state index in [0.717, 1.165) is 16.6 Å². The van der Waals surface area contributed by atoms with Crippen LogP contribution in [0.25, 0.3) is 16.6 Å². The standard InChI is InChI=1S/C18H15N3O/c1-21-16-10-6-5-9-15(16)20-18(21)14(12-19)17(22)11-13-7-3-2-4-8-13/h2-10,22H,11H2,1H3/b17-14-. The molecule has 0 unspecified atom stereocenters. The highest BCUT2D eigenvalue weighted by Gasteiger charge is 2.16. The van der Waals surface area contributed by atoms with Gasteiger partial charge in [0.1, 0.15) is 17.4 Å². The molecule has 0 fully saturated rings. The van der Waals surface area contributed by atoms with Crippen LogP contribution in [0.3, 0.4) is 0 Å². The lowest BCUT2D eigenvalue weighted by Gasteiger charge is -2.05. The predicted molar refractivity (Wildman–Crippen MR) is 86.0 cm³/mol. The highest BCUT2D eigenvalue weighted by molar-refractivity contribution is 5.83. The Morgan fingerprint density at radius 2 is 1.82 bits per heavy atom. The molecule has 4 nitrogen and oxygen atoms in total. The summed E-state index contributed by atoms with van der Waals surface area (Å²) in [6, 6.07) is 19.3. The number of benzene rings is 2. The van der Waals surface area contributed by atoms with Crippen molar-refractivity contribution < 1.29 is 5.11 Å². The molecule has 0 aliphatic heterocycles. The van der Waals surface area contributed by atoms with Crippen LogP contribution in [-0.2, 0) is 13.5 Å². The minimum absolute atomic E-state index is 0.0344. The molecule has 108 valence electrons. The molecular weight excluding hydrogens is 274 g/mol. The monoisotopic (exact) mass is 289 g/mol. The van der Waals surface area contributed by atoms with Crippen molar-refractivity contribution in [2.24, 2.45) is 7.05 Å². The number of aliphatic hydroxyl groups excluding tert-OH is 1. The predicted octanol–water partition coefficient (Wildman–Crippen LogP) is 3.61. The van der Waals surface area contributed by atoms with Gasteiger partial charge in [0.2, 0.25) is 0 Å². The molecule has 0 saturated carbocycles. The fraction of sp³-hybridized carbons (Fsp3) is 0.111. The van der Waals surface area contributed by atoms with Gasteiger partial charge in [-0.1, -0.05) is 42.5 Å². The Balaban J connectivity index is 2.07. The highest BCUT2D eigenvalue weighted by Crippen LogP contribution is 2.23. The molecule has 3 aromatic rings. The summed E-state index contributed by atoms with van der Waals surface area (Å²) in [6.07, 6.45) is 0.312. The van der Waals surface area contributed by atoms with E-state index in [2.05, 4.69) is 11.1 Å². The first-order chi connectivity index (χ1) is 10.7. The Bertz CT molecular complexity index is 886. The van der Waals surface area contributed by atoms with Crippen LogP contribution in [-0.4, -0.2) is 14.7 Å². The maximum atomic E-state index is 10.4. The average molecular weight is 289 g/mol. The molecule has 0 radical (unpaired) electrons. The van der Waals surface area contributed by atoms with Gasteiger partial charge < -0.3 is 9.67 Å². The lowest BCUT2D eigenvalue weighted by Crippen LogP contribution is -2.01. The molecule has 1 N–H and O–H groups in total. The van der Waals surface area contributed by atoms with Crippen molar-refractivity contribution in [3.8, 4) is 6.07 Å².